The molecule has 2 nitrogen and oxygen atoms in total. The van der Waals surface area contributed by atoms with E-state index in [4.69, 9.17) is 8.83 Å². The fourth-order valence-electron chi connectivity index (χ4n) is 9.08. The van der Waals surface area contributed by atoms with Crippen molar-refractivity contribution >= 4 is 94.2 Å². The molecular formula is C42H29BO2. The van der Waals surface area contributed by atoms with E-state index in [-0.39, 0.29) is 12.1 Å². The third-order valence-electron chi connectivity index (χ3n) is 11.1. The summed E-state index contributed by atoms with van der Waals surface area (Å²) in [5.74, 6) is 0.394. The van der Waals surface area contributed by atoms with Crippen LogP contribution in [0, 0.1) is 11.3 Å². The average molecular weight is 577 g/mol. The molecule has 0 saturated carbocycles. The second-order valence-electron chi connectivity index (χ2n) is 14.4. The maximum Gasteiger partial charge on any atom is 0.244 e. The number of furan rings is 2. The normalized spacial score (nSPS) is 17.4. The van der Waals surface area contributed by atoms with E-state index in [0.717, 1.165) is 28.8 Å². The zero-order valence-electron chi connectivity index (χ0n) is 25.5. The monoisotopic (exact) mass is 576 g/mol. The standard InChI is InChI=1S/C42H29BO2/c1-42(2,3)22-18-29-27-20-35-39(23-10-4-6-16-33(23)44-35)25-12-8-14-31(37(25)27)43-32-15-9-13-26-38(32)28(30(19-22)41(29)43)21-36-40(26)24-11-5-7-17-34(24)45-36/h4-18,20-22H,19H2,1-3H3. The summed E-state index contributed by atoms with van der Waals surface area (Å²) in [6.45, 7) is 7.34. The molecule has 0 bridgehead atoms. The lowest BCUT2D eigenvalue weighted by molar-refractivity contribution is 0.297. The molecule has 6 aromatic carbocycles. The van der Waals surface area contributed by atoms with Crippen LogP contribution in [-0.2, 0) is 0 Å². The SMILES string of the molecule is CC(C)(C)C1C=C2C3=C(C1)c1cc4oc5ccccc5c4c4cccc(c14)B3c1cccc3c1c2cc1oc2ccccc2c13. The molecule has 1 aliphatic carbocycles. The highest BCUT2D eigenvalue weighted by molar-refractivity contribution is 6.98. The van der Waals surface area contributed by atoms with Crippen LogP contribution < -0.4 is 10.9 Å². The van der Waals surface area contributed by atoms with Crippen LogP contribution in [0.25, 0.3) is 76.6 Å². The quantitative estimate of drug-likeness (QED) is 0.168. The number of allylic oxidation sites excluding steroid dienone is 4. The van der Waals surface area contributed by atoms with Gasteiger partial charge < -0.3 is 8.83 Å². The molecule has 212 valence electrons. The van der Waals surface area contributed by atoms with Gasteiger partial charge in [0.25, 0.3) is 0 Å². The molecule has 0 spiro atoms. The van der Waals surface area contributed by atoms with Crippen molar-refractivity contribution in [2.45, 2.75) is 27.2 Å². The van der Waals surface area contributed by atoms with Crippen LogP contribution in [0.3, 0.4) is 0 Å². The van der Waals surface area contributed by atoms with Gasteiger partial charge in [-0.15, -0.1) is 0 Å². The van der Waals surface area contributed by atoms with E-state index in [1.165, 1.54) is 81.8 Å². The first-order chi connectivity index (χ1) is 22.0. The highest BCUT2D eigenvalue weighted by Crippen LogP contribution is 2.53. The van der Waals surface area contributed by atoms with Crippen molar-refractivity contribution in [2.24, 2.45) is 11.3 Å². The number of fused-ring (bicyclic) bond motifs is 12. The van der Waals surface area contributed by atoms with Crippen LogP contribution in [0.5, 0.6) is 0 Å². The van der Waals surface area contributed by atoms with Crippen LogP contribution in [0.4, 0.5) is 0 Å². The summed E-state index contributed by atoms with van der Waals surface area (Å²) in [5.41, 5.74) is 13.8. The predicted molar refractivity (Wildman–Crippen MR) is 190 cm³/mol. The van der Waals surface area contributed by atoms with Crippen molar-refractivity contribution in [1.29, 1.82) is 0 Å². The maximum atomic E-state index is 6.57. The molecule has 3 heteroatoms. The summed E-state index contributed by atoms with van der Waals surface area (Å²) < 4.78 is 13.1. The minimum atomic E-state index is 0.111. The Bertz CT molecular complexity index is 2720. The van der Waals surface area contributed by atoms with E-state index in [1.807, 2.05) is 0 Å². The van der Waals surface area contributed by atoms with Crippen LogP contribution in [0.1, 0.15) is 38.3 Å². The highest BCUT2D eigenvalue weighted by atomic mass is 16.3. The summed E-state index contributed by atoms with van der Waals surface area (Å²) in [6, 6.07) is 35.6. The molecule has 1 atom stereocenters. The fraction of sp³-hybridized carbons (Fsp3) is 0.143. The molecule has 8 aromatic rings. The first-order valence-corrected chi connectivity index (χ1v) is 16.2. The van der Waals surface area contributed by atoms with Crippen molar-refractivity contribution in [3.8, 4) is 0 Å². The topological polar surface area (TPSA) is 26.3 Å². The Morgan fingerprint density at radius 2 is 1.11 bits per heavy atom. The van der Waals surface area contributed by atoms with Gasteiger partial charge in [0.2, 0.25) is 6.71 Å². The Kier molecular flexibility index (Phi) is 4.31. The molecule has 2 aromatic heterocycles. The fourth-order valence-corrected chi connectivity index (χ4v) is 9.08. The molecule has 0 fully saturated rings. The Hall–Kier alpha value is -5.02. The Labute approximate surface area is 260 Å². The van der Waals surface area contributed by atoms with Crippen LogP contribution in [0.2, 0.25) is 0 Å². The molecule has 11 rings (SSSR count). The van der Waals surface area contributed by atoms with Crippen molar-refractivity contribution in [3.05, 3.63) is 120 Å². The average Bonchev–Trinajstić information content (AvgIpc) is 3.62. The summed E-state index contributed by atoms with van der Waals surface area (Å²) >= 11 is 0. The second-order valence-corrected chi connectivity index (χ2v) is 14.4. The molecule has 2 aliphatic heterocycles. The van der Waals surface area contributed by atoms with Crippen molar-refractivity contribution in [3.63, 3.8) is 0 Å². The largest absolute Gasteiger partial charge is 0.456 e. The van der Waals surface area contributed by atoms with E-state index in [1.54, 1.807) is 0 Å². The maximum absolute atomic E-state index is 6.57. The summed E-state index contributed by atoms with van der Waals surface area (Å²) in [6.07, 6.45) is 3.63. The lowest BCUT2D eigenvalue weighted by Gasteiger charge is -2.42. The molecule has 45 heavy (non-hydrogen) atoms. The van der Waals surface area contributed by atoms with Crippen molar-refractivity contribution in [2.75, 3.05) is 0 Å². The van der Waals surface area contributed by atoms with Gasteiger partial charge in [0.15, 0.2) is 0 Å². The van der Waals surface area contributed by atoms with E-state index in [9.17, 15) is 0 Å². The van der Waals surface area contributed by atoms with Gasteiger partial charge in [-0.1, -0.05) is 116 Å². The molecular weight excluding hydrogens is 547 g/mol. The molecule has 4 heterocycles. The minimum Gasteiger partial charge on any atom is -0.456 e. The van der Waals surface area contributed by atoms with Gasteiger partial charge in [0.05, 0.1) is 0 Å². The van der Waals surface area contributed by atoms with Crippen LogP contribution in [-0.4, -0.2) is 6.71 Å². The van der Waals surface area contributed by atoms with Gasteiger partial charge >= 0.3 is 0 Å². The van der Waals surface area contributed by atoms with Crippen molar-refractivity contribution < 1.29 is 8.83 Å². The van der Waals surface area contributed by atoms with Gasteiger partial charge in [-0.25, -0.2) is 0 Å². The predicted octanol–water partition coefficient (Wildman–Crippen LogP) is 10.2. The number of rotatable bonds is 0. The Morgan fingerprint density at radius 1 is 0.578 bits per heavy atom. The second kappa shape index (κ2) is 7.97. The van der Waals surface area contributed by atoms with E-state index in [2.05, 4.69) is 124 Å². The lowest BCUT2D eigenvalue weighted by atomic mass is 9.29. The van der Waals surface area contributed by atoms with E-state index < -0.39 is 0 Å². The third-order valence-corrected chi connectivity index (χ3v) is 11.1. The number of benzene rings is 6. The molecule has 0 saturated heterocycles. The minimum absolute atomic E-state index is 0.111. The number of para-hydroxylation sites is 2. The molecule has 1 unspecified atom stereocenters. The molecule has 3 aliphatic rings. The highest BCUT2D eigenvalue weighted by Gasteiger charge is 2.44. The molecule has 0 amide bonds. The van der Waals surface area contributed by atoms with Gasteiger partial charge in [-0.05, 0) is 85.8 Å². The summed E-state index contributed by atoms with van der Waals surface area (Å²) in [7, 11) is 0. The zero-order valence-corrected chi connectivity index (χ0v) is 25.5. The number of hydrogen-bond donors (Lipinski definition) is 0. The van der Waals surface area contributed by atoms with Crippen LogP contribution in [0.15, 0.2) is 117 Å². The smallest absolute Gasteiger partial charge is 0.244 e. The Morgan fingerprint density at radius 3 is 1.71 bits per heavy atom. The summed E-state index contributed by atoms with van der Waals surface area (Å²) in [5, 5.41) is 10.2. The lowest BCUT2D eigenvalue weighted by Crippen LogP contribution is -2.50. The van der Waals surface area contributed by atoms with E-state index >= 15 is 0 Å². The first-order valence-electron chi connectivity index (χ1n) is 16.2. The van der Waals surface area contributed by atoms with Gasteiger partial charge in [0, 0.05) is 21.5 Å². The third kappa shape index (κ3) is 2.93. The number of hydrogen-bond acceptors (Lipinski definition) is 2. The van der Waals surface area contributed by atoms with Gasteiger partial charge in [-0.3, -0.25) is 0 Å². The first kappa shape index (κ1) is 24.3. The molecule has 0 N–H and O–H groups in total. The van der Waals surface area contributed by atoms with E-state index in [0.29, 0.717) is 5.92 Å². The Balaban J connectivity index is 1.34. The zero-order chi connectivity index (χ0) is 29.8. The van der Waals surface area contributed by atoms with Crippen molar-refractivity contribution in [1.82, 2.24) is 0 Å². The van der Waals surface area contributed by atoms with Gasteiger partial charge in [-0.2, -0.15) is 0 Å². The van der Waals surface area contributed by atoms with Crippen LogP contribution >= 0.6 is 0 Å². The van der Waals surface area contributed by atoms with Gasteiger partial charge in [0.1, 0.15) is 22.3 Å². The molecule has 0 radical (unpaired) electrons. The summed E-state index contributed by atoms with van der Waals surface area (Å²) in [4.78, 5) is 0.